The number of benzene rings is 4. The van der Waals surface area contributed by atoms with Crippen LogP contribution in [0.25, 0.3) is 0 Å². The van der Waals surface area contributed by atoms with E-state index in [0.29, 0.717) is 28.4 Å². The fourth-order valence-electron chi connectivity index (χ4n) is 3.10. The summed E-state index contributed by atoms with van der Waals surface area (Å²) in [6.07, 6.45) is 10.8. The minimum absolute atomic E-state index is 0.0569. The molecule has 160 valence electrons. The molecule has 0 bridgehead atoms. The third kappa shape index (κ3) is 4.91. The Balaban J connectivity index is 1.59. The van der Waals surface area contributed by atoms with Gasteiger partial charge in [0, 0.05) is 11.1 Å². The SMILES string of the molecule is C#Cc1ccc(Oc2ccccc2S(=O)(=O)c2ccc(Oc3cccc(C#C)c3)cc2)cc1. The van der Waals surface area contributed by atoms with E-state index in [9.17, 15) is 8.42 Å². The van der Waals surface area contributed by atoms with Crippen molar-refractivity contribution < 1.29 is 17.9 Å². The molecule has 0 unspecified atom stereocenters. The van der Waals surface area contributed by atoms with Crippen molar-refractivity contribution in [2.75, 3.05) is 0 Å². The second kappa shape index (κ2) is 9.36. The summed E-state index contributed by atoms with van der Waals surface area (Å²) in [4.78, 5) is 0.173. The number of hydrogen-bond acceptors (Lipinski definition) is 4. The van der Waals surface area contributed by atoms with Crippen molar-refractivity contribution in [1.82, 2.24) is 0 Å². The van der Waals surface area contributed by atoms with E-state index in [4.69, 9.17) is 22.3 Å². The molecule has 0 spiro atoms. The number of ether oxygens (including phenoxy) is 2. The smallest absolute Gasteiger partial charge is 0.210 e. The van der Waals surface area contributed by atoms with E-state index in [1.165, 1.54) is 18.2 Å². The molecule has 0 saturated carbocycles. The Morgan fingerprint density at radius 1 is 0.606 bits per heavy atom. The van der Waals surface area contributed by atoms with Gasteiger partial charge in [-0.1, -0.05) is 30.0 Å². The maximum absolute atomic E-state index is 13.3. The molecule has 4 rings (SSSR count). The zero-order chi connectivity index (χ0) is 23.3. The molecule has 4 nitrogen and oxygen atoms in total. The van der Waals surface area contributed by atoms with Crippen LogP contribution in [-0.2, 0) is 9.84 Å². The van der Waals surface area contributed by atoms with E-state index >= 15 is 0 Å². The minimum Gasteiger partial charge on any atom is -0.457 e. The first-order chi connectivity index (χ1) is 16.0. The molecular weight excluding hydrogens is 432 g/mol. The van der Waals surface area contributed by atoms with Gasteiger partial charge in [-0.3, -0.25) is 0 Å². The van der Waals surface area contributed by atoms with E-state index in [0.717, 1.165) is 0 Å². The normalized spacial score (nSPS) is 10.6. The van der Waals surface area contributed by atoms with Crippen molar-refractivity contribution in [1.29, 1.82) is 0 Å². The summed E-state index contributed by atoms with van der Waals surface area (Å²) in [7, 11) is -3.84. The number of sulfone groups is 1. The fourth-order valence-corrected chi connectivity index (χ4v) is 4.48. The average Bonchev–Trinajstić information content (AvgIpc) is 2.85. The van der Waals surface area contributed by atoms with E-state index in [1.54, 1.807) is 78.9 Å². The van der Waals surface area contributed by atoms with Crippen LogP contribution in [0.4, 0.5) is 0 Å². The molecule has 0 aliphatic rings. The quantitative estimate of drug-likeness (QED) is 0.335. The van der Waals surface area contributed by atoms with Gasteiger partial charge in [-0.05, 0) is 78.9 Å². The van der Waals surface area contributed by atoms with Gasteiger partial charge < -0.3 is 9.47 Å². The topological polar surface area (TPSA) is 52.6 Å². The van der Waals surface area contributed by atoms with Crippen LogP contribution >= 0.6 is 0 Å². The van der Waals surface area contributed by atoms with Crippen LogP contribution in [0.2, 0.25) is 0 Å². The standard InChI is InChI=1S/C28H18O4S/c1-3-21-12-14-24(15-13-21)32-27-10-5-6-11-28(27)33(29,30)26-18-16-23(17-19-26)31-25-9-7-8-22(4-2)20-25/h1-2,5-20H. The summed E-state index contributed by atoms with van der Waals surface area (Å²) in [5.74, 6) is 6.83. The summed E-state index contributed by atoms with van der Waals surface area (Å²) in [5, 5.41) is 0. The molecule has 0 atom stereocenters. The molecule has 0 radical (unpaired) electrons. The zero-order valence-corrected chi connectivity index (χ0v) is 18.3. The van der Waals surface area contributed by atoms with Crippen LogP contribution in [0.15, 0.2) is 107 Å². The minimum atomic E-state index is -3.84. The lowest BCUT2D eigenvalue weighted by Gasteiger charge is -2.12. The zero-order valence-electron chi connectivity index (χ0n) is 17.4. The first-order valence-electron chi connectivity index (χ1n) is 9.93. The molecule has 5 heteroatoms. The molecular formula is C28H18O4S. The third-order valence-corrected chi connectivity index (χ3v) is 6.57. The van der Waals surface area contributed by atoms with Gasteiger partial charge in [0.15, 0.2) is 0 Å². The lowest BCUT2D eigenvalue weighted by molar-refractivity contribution is 0.467. The highest BCUT2D eigenvalue weighted by atomic mass is 32.2. The van der Waals surface area contributed by atoms with E-state index in [2.05, 4.69) is 11.8 Å². The number of para-hydroxylation sites is 1. The van der Waals surface area contributed by atoms with Crippen LogP contribution in [0.3, 0.4) is 0 Å². The second-order valence-corrected chi connectivity index (χ2v) is 8.88. The lowest BCUT2D eigenvalue weighted by atomic mass is 10.2. The highest BCUT2D eigenvalue weighted by Crippen LogP contribution is 2.33. The van der Waals surface area contributed by atoms with Crippen molar-refractivity contribution in [2.24, 2.45) is 0 Å². The van der Waals surface area contributed by atoms with Gasteiger partial charge in [0.25, 0.3) is 0 Å². The van der Waals surface area contributed by atoms with Gasteiger partial charge in [-0.2, -0.15) is 0 Å². The Hall–Kier alpha value is -4.45. The van der Waals surface area contributed by atoms with Crippen molar-refractivity contribution in [3.8, 4) is 47.7 Å². The summed E-state index contributed by atoms with van der Waals surface area (Å²) in [6, 6.07) is 26.6. The Labute approximate surface area is 193 Å². The second-order valence-electron chi connectivity index (χ2n) is 6.97. The Kier molecular flexibility index (Phi) is 6.17. The van der Waals surface area contributed by atoms with Crippen LogP contribution in [-0.4, -0.2) is 8.42 Å². The van der Waals surface area contributed by atoms with Gasteiger partial charge >= 0.3 is 0 Å². The first kappa shape index (κ1) is 21.8. The van der Waals surface area contributed by atoms with E-state index < -0.39 is 9.84 Å². The molecule has 0 fully saturated rings. The Morgan fingerprint density at radius 3 is 1.94 bits per heavy atom. The molecule has 4 aromatic carbocycles. The maximum atomic E-state index is 13.3. The maximum Gasteiger partial charge on any atom is 0.210 e. The van der Waals surface area contributed by atoms with Gasteiger partial charge in [-0.25, -0.2) is 8.42 Å². The number of hydrogen-bond donors (Lipinski definition) is 0. The molecule has 0 aliphatic carbocycles. The third-order valence-electron chi connectivity index (χ3n) is 4.76. The fraction of sp³-hybridized carbons (Fsp3) is 0. The molecule has 0 aliphatic heterocycles. The summed E-state index contributed by atoms with van der Waals surface area (Å²) in [5.41, 5.74) is 1.40. The molecule has 0 N–H and O–H groups in total. The number of terminal acetylenes is 2. The highest BCUT2D eigenvalue weighted by molar-refractivity contribution is 7.91. The van der Waals surface area contributed by atoms with Crippen molar-refractivity contribution in [3.63, 3.8) is 0 Å². The predicted molar refractivity (Wildman–Crippen MR) is 127 cm³/mol. The van der Waals surface area contributed by atoms with Crippen LogP contribution in [0, 0.1) is 24.7 Å². The van der Waals surface area contributed by atoms with Gasteiger partial charge in [0.1, 0.15) is 27.9 Å². The van der Waals surface area contributed by atoms with Gasteiger partial charge in [0.05, 0.1) is 4.90 Å². The van der Waals surface area contributed by atoms with Crippen molar-refractivity contribution in [3.05, 3.63) is 108 Å². The first-order valence-corrected chi connectivity index (χ1v) is 11.4. The summed E-state index contributed by atoms with van der Waals surface area (Å²) < 4.78 is 38.3. The summed E-state index contributed by atoms with van der Waals surface area (Å²) >= 11 is 0. The molecule has 0 amide bonds. The predicted octanol–water partition coefficient (Wildman–Crippen LogP) is 6.07. The number of rotatable bonds is 6. The van der Waals surface area contributed by atoms with Gasteiger partial charge in [0.2, 0.25) is 9.84 Å². The van der Waals surface area contributed by atoms with E-state index in [1.807, 2.05) is 0 Å². The highest BCUT2D eigenvalue weighted by Gasteiger charge is 2.22. The molecule has 0 saturated heterocycles. The summed E-state index contributed by atoms with van der Waals surface area (Å²) in [6.45, 7) is 0. The molecule has 0 aromatic heterocycles. The Morgan fingerprint density at radius 2 is 1.24 bits per heavy atom. The van der Waals surface area contributed by atoms with Crippen LogP contribution in [0.1, 0.15) is 11.1 Å². The largest absolute Gasteiger partial charge is 0.457 e. The monoisotopic (exact) mass is 450 g/mol. The van der Waals surface area contributed by atoms with Crippen LogP contribution in [0.5, 0.6) is 23.0 Å². The lowest BCUT2D eigenvalue weighted by Crippen LogP contribution is -2.04. The molecule has 0 heterocycles. The van der Waals surface area contributed by atoms with Gasteiger partial charge in [-0.15, -0.1) is 12.8 Å². The average molecular weight is 451 g/mol. The van der Waals surface area contributed by atoms with Crippen molar-refractivity contribution >= 4 is 9.84 Å². The van der Waals surface area contributed by atoms with Crippen molar-refractivity contribution in [2.45, 2.75) is 9.79 Å². The molecule has 33 heavy (non-hydrogen) atoms. The van der Waals surface area contributed by atoms with E-state index in [-0.39, 0.29) is 15.5 Å². The van der Waals surface area contributed by atoms with Crippen LogP contribution < -0.4 is 9.47 Å². The molecule has 4 aromatic rings. The Bertz CT molecular complexity index is 1470.